The summed E-state index contributed by atoms with van der Waals surface area (Å²) < 4.78 is 0. The zero-order valence-corrected chi connectivity index (χ0v) is 17.2. The monoisotopic (exact) mass is 411 g/mol. The lowest BCUT2D eigenvalue weighted by molar-refractivity contribution is -0.132. The van der Waals surface area contributed by atoms with Gasteiger partial charge >= 0.3 is 6.03 Å². The van der Waals surface area contributed by atoms with Gasteiger partial charge < -0.3 is 21.7 Å². The van der Waals surface area contributed by atoms with E-state index in [9.17, 15) is 14.4 Å². The third kappa shape index (κ3) is 7.20. The van der Waals surface area contributed by atoms with Crippen LogP contribution in [0.15, 0.2) is 54.7 Å². The fourth-order valence-corrected chi connectivity index (χ4v) is 3.02. The van der Waals surface area contributed by atoms with Crippen molar-refractivity contribution in [2.24, 2.45) is 5.73 Å². The van der Waals surface area contributed by atoms with Crippen molar-refractivity contribution in [2.75, 3.05) is 6.54 Å². The highest BCUT2D eigenvalue weighted by atomic mass is 16.2. The molecule has 2 aromatic rings. The molecule has 8 heteroatoms. The molecule has 0 saturated carbocycles. The second-order valence-corrected chi connectivity index (χ2v) is 6.96. The Morgan fingerprint density at radius 1 is 1.00 bits per heavy atom. The van der Waals surface area contributed by atoms with Gasteiger partial charge in [0.2, 0.25) is 5.91 Å². The molecule has 0 bridgehead atoms. The molecule has 0 aliphatic rings. The van der Waals surface area contributed by atoms with Crippen molar-refractivity contribution in [3.8, 4) is 0 Å². The first-order valence-electron chi connectivity index (χ1n) is 10.1. The molecule has 0 aliphatic carbocycles. The first-order chi connectivity index (χ1) is 14.4. The maximum Gasteiger partial charge on any atom is 0.317 e. The van der Waals surface area contributed by atoms with Gasteiger partial charge in [0, 0.05) is 31.3 Å². The van der Waals surface area contributed by atoms with E-state index in [0.717, 1.165) is 11.3 Å². The van der Waals surface area contributed by atoms with Crippen LogP contribution in [0.3, 0.4) is 0 Å². The average molecular weight is 412 g/mol. The molecule has 30 heavy (non-hydrogen) atoms. The van der Waals surface area contributed by atoms with Gasteiger partial charge in [0.25, 0.3) is 5.91 Å². The number of primary amides is 1. The summed E-state index contributed by atoms with van der Waals surface area (Å²) in [6.07, 6.45) is 3.78. The number of carbonyl (C=O) groups is 3. The predicted octanol–water partition coefficient (Wildman–Crippen LogP) is 1.65. The lowest BCUT2D eigenvalue weighted by atomic mass is 9.98. The number of rotatable bonds is 11. The zero-order valence-electron chi connectivity index (χ0n) is 17.2. The predicted molar refractivity (Wildman–Crippen MR) is 114 cm³/mol. The summed E-state index contributed by atoms with van der Waals surface area (Å²) in [5.41, 5.74) is 5.89. The maximum atomic E-state index is 12.5. The molecule has 8 nitrogen and oxygen atoms in total. The number of aryl methyl sites for hydroxylation is 1. The van der Waals surface area contributed by atoms with Gasteiger partial charge in [-0.2, -0.15) is 0 Å². The van der Waals surface area contributed by atoms with Crippen LogP contribution in [0.5, 0.6) is 0 Å². The number of urea groups is 1. The lowest BCUT2D eigenvalue weighted by Gasteiger charge is -2.32. The Morgan fingerprint density at radius 2 is 1.73 bits per heavy atom. The van der Waals surface area contributed by atoms with E-state index in [1.165, 1.54) is 0 Å². The van der Waals surface area contributed by atoms with Gasteiger partial charge in [-0.25, -0.2) is 4.79 Å². The minimum atomic E-state index is -1.66. The first kappa shape index (κ1) is 22.9. The highest BCUT2D eigenvalue weighted by molar-refractivity contribution is 5.93. The van der Waals surface area contributed by atoms with Gasteiger partial charge in [-0.3, -0.25) is 14.6 Å². The van der Waals surface area contributed by atoms with Gasteiger partial charge in [-0.05, 0) is 37.0 Å². The summed E-state index contributed by atoms with van der Waals surface area (Å²) in [6.45, 7) is 1.99. The number of nitrogens with one attached hydrogen (secondary N) is 3. The fourth-order valence-electron chi connectivity index (χ4n) is 3.02. The summed E-state index contributed by atoms with van der Waals surface area (Å²) in [7, 11) is 0. The molecule has 160 valence electrons. The molecule has 0 aliphatic heterocycles. The van der Waals surface area contributed by atoms with Crippen LogP contribution < -0.4 is 21.7 Å². The third-order valence-electron chi connectivity index (χ3n) is 4.67. The van der Waals surface area contributed by atoms with Crippen molar-refractivity contribution in [1.29, 1.82) is 0 Å². The van der Waals surface area contributed by atoms with Crippen LogP contribution in [-0.4, -0.2) is 35.0 Å². The highest BCUT2D eigenvalue weighted by Crippen LogP contribution is 2.14. The topological polar surface area (TPSA) is 126 Å². The molecule has 1 unspecified atom stereocenters. The van der Waals surface area contributed by atoms with Crippen molar-refractivity contribution in [3.63, 3.8) is 0 Å². The molecule has 0 spiro atoms. The molecule has 4 amide bonds. The van der Waals surface area contributed by atoms with Crippen molar-refractivity contribution in [1.82, 2.24) is 20.9 Å². The molecule has 1 heterocycles. The SMILES string of the molecule is CCC(=O)NC(CCCc1ccccc1)(NC(=O)NCCc1ccccn1)C(N)=O. The van der Waals surface area contributed by atoms with E-state index in [-0.39, 0.29) is 18.7 Å². The van der Waals surface area contributed by atoms with E-state index in [1.807, 2.05) is 48.5 Å². The summed E-state index contributed by atoms with van der Waals surface area (Å²) in [4.78, 5) is 41.0. The summed E-state index contributed by atoms with van der Waals surface area (Å²) >= 11 is 0. The van der Waals surface area contributed by atoms with E-state index in [1.54, 1.807) is 13.1 Å². The van der Waals surface area contributed by atoms with Crippen LogP contribution >= 0.6 is 0 Å². The van der Waals surface area contributed by atoms with Crippen LogP contribution in [0.2, 0.25) is 0 Å². The lowest BCUT2D eigenvalue weighted by Crippen LogP contribution is -2.69. The van der Waals surface area contributed by atoms with Gasteiger partial charge in [0.05, 0.1) is 0 Å². The Morgan fingerprint density at radius 3 is 2.37 bits per heavy atom. The molecule has 1 aromatic carbocycles. The molecule has 1 atom stereocenters. The molecule has 0 fully saturated rings. The summed E-state index contributed by atoms with van der Waals surface area (Å²) in [6, 6.07) is 14.7. The van der Waals surface area contributed by atoms with Crippen molar-refractivity contribution in [3.05, 3.63) is 66.0 Å². The molecule has 0 radical (unpaired) electrons. The average Bonchev–Trinajstić information content (AvgIpc) is 2.75. The molecular formula is C22H29N5O3. The van der Waals surface area contributed by atoms with Gasteiger partial charge in [-0.15, -0.1) is 0 Å². The molecule has 2 rings (SSSR count). The van der Waals surface area contributed by atoms with Crippen molar-refractivity contribution >= 4 is 17.8 Å². The zero-order chi connectivity index (χ0) is 21.8. The Balaban J connectivity index is 2.00. The minimum absolute atomic E-state index is 0.163. The van der Waals surface area contributed by atoms with Gasteiger partial charge in [0.15, 0.2) is 5.66 Å². The van der Waals surface area contributed by atoms with Crippen LogP contribution in [-0.2, 0) is 22.4 Å². The normalized spacial score (nSPS) is 12.4. The van der Waals surface area contributed by atoms with E-state index >= 15 is 0 Å². The Bertz CT molecular complexity index is 829. The highest BCUT2D eigenvalue weighted by Gasteiger charge is 2.39. The maximum absolute atomic E-state index is 12.5. The fraction of sp³-hybridized carbons (Fsp3) is 0.364. The van der Waals surface area contributed by atoms with E-state index in [0.29, 0.717) is 25.8 Å². The number of nitrogens with zero attached hydrogens (tertiary/aromatic N) is 1. The number of benzene rings is 1. The summed E-state index contributed by atoms with van der Waals surface area (Å²) in [5, 5.41) is 7.89. The molecule has 5 N–H and O–H groups in total. The Hall–Kier alpha value is -3.42. The molecular weight excluding hydrogens is 382 g/mol. The standard InChI is InChI=1S/C22H29N5O3/c1-2-19(28)26-22(20(23)29,14-8-11-17-9-4-3-5-10-17)27-21(30)25-16-13-18-12-6-7-15-24-18/h3-7,9-10,12,15H,2,8,11,13-14,16H2,1H3,(H2,23,29)(H,26,28)(H2,25,27,30). The number of aromatic nitrogens is 1. The van der Waals surface area contributed by atoms with Crippen LogP contribution in [0.1, 0.15) is 37.4 Å². The number of hydrogen-bond donors (Lipinski definition) is 4. The van der Waals surface area contributed by atoms with E-state index in [2.05, 4.69) is 20.9 Å². The number of carbonyl (C=O) groups excluding carboxylic acids is 3. The number of nitrogens with two attached hydrogens (primary N) is 1. The van der Waals surface area contributed by atoms with Crippen molar-refractivity contribution < 1.29 is 14.4 Å². The number of pyridine rings is 1. The Kier molecular flexibility index (Phi) is 8.80. The number of amides is 4. The quantitative estimate of drug-likeness (QED) is 0.419. The molecule has 0 saturated heterocycles. The number of hydrogen-bond acceptors (Lipinski definition) is 4. The van der Waals surface area contributed by atoms with Crippen LogP contribution in [0.25, 0.3) is 0 Å². The summed E-state index contributed by atoms with van der Waals surface area (Å²) in [5.74, 6) is -1.18. The van der Waals surface area contributed by atoms with Crippen LogP contribution in [0.4, 0.5) is 4.79 Å². The first-order valence-corrected chi connectivity index (χ1v) is 10.1. The largest absolute Gasteiger partial charge is 0.366 e. The molecule has 1 aromatic heterocycles. The second kappa shape index (κ2) is 11.5. The minimum Gasteiger partial charge on any atom is -0.366 e. The van der Waals surface area contributed by atoms with Crippen molar-refractivity contribution in [2.45, 2.75) is 44.7 Å². The van der Waals surface area contributed by atoms with Gasteiger partial charge in [-0.1, -0.05) is 43.3 Å². The van der Waals surface area contributed by atoms with Gasteiger partial charge in [0.1, 0.15) is 0 Å². The Labute approximate surface area is 176 Å². The third-order valence-corrected chi connectivity index (χ3v) is 4.67. The van der Waals surface area contributed by atoms with Crippen LogP contribution in [0, 0.1) is 0 Å². The smallest absolute Gasteiger partial charge is 0.317 e. The second-order valence-electron chi connectivity index (χ2n) is 6.96. The van der Waals surface area contributed by atoms with E-state index in [4.69, 9.17) is 5.73 Å². The van der Waals surface area contributed by atoms with E-state index < -0.39 is 17.6 Å².